The zero-order valence-electron chi connectivity index (χ0n) is 8.53. The molecule has 0 fully saturated rings. The normalized spacial score (nSPS) is 11.0. The molecule has 1 rings (SSSR count). The molecule has 0 aliphatic heterocycles. The summed E-state index contributed by atoms with van der Waals surface area (Å²) < 4.78 is 0. The minimum Gasteiger partial charge on any atom is -0.392 e. The van der Waals surface area contributed by atoms with Crippen LogP contribution in [0.5, 0.6) is 0 Å². The van der Waals surface area contributed by atoms with E-state index in [0.29, 0.717) is 0 Å². The van der Waals surface area contributed by atoms with Crippen molar-refractivity contribution in [2.45, 2.75) is 20.1 Å². The average Bonchev–Trinajstić information content (AvgIpc) is 2.25. The van der Waals surface area contributed by atoms with Gasteiger partial charge in [0.25, 0.3) is 0 Å². The van der Waals surface area contributed by atoms with E-state index >= 15 is 0 Å². The van der Waals surface area contributed by atoms with Gasteiger partial charge in [-0.05, 0) is 18.1 Å². The third kappa shape index (κ3) is 3.73. The van der Waals surface area contributed by atoms with Gasteiger partial charge in [0.2, 0.25) is 0 Å². The first-order chi connectivity index (χ1) is 6.86. The van der Waals surface area contributed by atoms with Crippen LogP contribution in [-0.4, -0.2) is 11.7 Å². The Morgan fingerprint density at radius 1 is 1.36 bits per heavy atom. The van der Waals surface area contributed by atoms with Gasteiger partial charge >= 0.3 is 0 Å². The average molecular weight is 191 g/mol. The van der Waals surface area contributed by atoms with E-state index in [1.54, 1.807) is 0 Å². The Morgan fingerprint density at radius 2 is 2.14 bits per heavy atom. The first-order valence-electron chi connectivity index (χ1n) is 4.87. The topological polar surface area (TPSA) is 32.3 Å². The number of benzene rings is 1. The molecule has 0 atom stereocenters. The Bertz CT molecular complexity index is 294. The summed E-state index contributed by atoms with van der Waals surface area (Å²) >= 11 is 0. The third-order valence-electron chi connectivity index (χ3n) is 2.00. The molecular weight excluding hydrogens is 174 g/mol. The molecule has 0 aliphatic rings. The molecule has 0 aliphatic carbocycles. The summed E-state index contributed by atoms with van der Waals surface area (Å²) in [6.45, 7) is 3.86. The number of aliphatic hydroxyl groups excluding tert-OH is 1. The smallest absolute Gasteiger partial charge is 0.0681 e. The highest BCUT2D eigenvalue weighted by Crippen LogP contribution is 2.04. The van der Waals surface area contributed by atoms with Crippen LogP contribution in [0, 0.1) is 0 Å². The number of allylic oxidation sites excluding steroid dienone is 1. The van der Waals surface area contributed by atoms with E-state index < -0.39 is 0 Å². The fourth-order valence-corrected chi connectivity index (χ4v) is 1.26. The Morgan fingerprint density at radius 3 is 2.86 bits per heavy atom. The molecule has 0 unspecified atom stereocenters. The molecule has 76 valence electrons. The van der Waals surface area contributed by atoms with Gasteiger partial charge in [0.05, 0.1) is 6.61 Å². The van der Waals surface area contributed by atoms with E-state index in [1.807, 2.05) is 31.2 Å². The Kier molecular flexibility index (Phi) is 4.97. The molecule has 0 heterocycles. The highest BCUT2D eigenvalue weighted by atomic mass is 16.3. The monoisotopic (exact) mass is 191 g/mol. The van der Waals surface area contributed by atoms with Crippen molar-refractivity contribution in [3.63, 3.8) is 0 Å². The maximum Gasteiger partial charge on any atom is 0.0681 e. The van der Waals surface area contributed by atoms with E-state index in [-0.39, 0.29) is 6.61 Å². The number of hydrogen-bond donors (Lipinski definition) is 2. The molecule has 0 aromatic heterocycles. The van der Waals surface area contributed by atoms with Gasteiger partial charge in [-0.1, -0.05) is 36.4 Å². The van der Waals surface area contributed by atoms with Crippen molar-refractivity contribution in [2.24, 2.45) is 0 Å². The Labute approximate surface area is 85.3 Å². The fourth-order valence-electron chi connectivity index (χ4n) is 1.26. The van der Waals surface area contributed by atoms with E-state index in [2.05, 4.69) is 17.5 Å². The van der Waals surface area contributed by atoms with Crippen LogP contribution in [0.4, 0.5) is 0 Å². The summed E-state index contributed by atoms with van der Waals surface area (Å²) in [6.07, 6.45) is 4.10. The second kappa shape index (κ2) is 6.35. The van der Waals surface area contributed by atoms with Crippen molar-refractivity contribution in [1.82, 2.24) is 5.32 Å². The molecule has 0 radical (unpaired) electrons. The second-order valence-corrected chi connectivity index (χ2v) is 3.18. The predicted octanol–water partition coefficient (Wildman–Crippen LogP) is 1.84. The van der Waals surface area contributed by atoms with E-state index in [0.717, 1.165) is 18.7 Å². The van der Waals surface area contributed by atoms with Crippen LogP contribution in [0.1, 0.15) is 18.1 Å². The summed E-state index contributed by atoms with van der Waals surface area (Å²) in [5.41, 5.74) is 2.18. The first kappa shape index (κ1) is 11.0. The van der Waals surface area contributed by atoms with E-state index in [1.165, 1.54) is 5.56 Å². The van der Waals surface area contributed by atoms with Crippen molar-refractivity contribution in [2.75, 3.05) is 6.54 Å². The van der Waals surface area contributed by atoms with Crippen LogP contribution in [0.15, 0.2) is 36.4 Å². The molecule has 2 heteroatoms. The molecular formula is C12H17NO. The zero-order chi connectivity index (χ0) is 10.2. The largest absolute Gasteiger partial charge is 0.392 e. The second-order valence-electron chi connectivity index (χ2n) is 3.18. The van der Waals surface area contributed by atoms with E-state index in [4.69, 9.17) is 5.11 Å². The molecule has 0 saturated heterocycles. The maximum absolute atomic E-state index is 8.94. The predicted molar refractivity (Wildman–Crippen MR) is 58.9 cm³/mol. The van der Waals surface area contributed by atoms with Gasteiger partial charge < -0.3 is 10.4 Å². The Balaban J connectivity index is 2.42. The highest BCUT2D eigenvalue weighted by molar-refractivity contribution is 5.22. The SMILES string of the molecule is C/C=C/CNCc1cccc(CO)c1. The minimum absolute atomic E-state index is 0.114. The lowest BCUT2D eigenvalue weighted by Gasteiger charge is -2.03. The molecule has 2 N–H and O–H groups in total. The lowest BCUT2D eigenvalue weighted by molar-refractivity contribution is 0.281. The van der Waals surface area contributed by atoms with Gasteiger partial charge in [-0.25, -0.2) is 0 Å². The van der Waals surface area contributed by atoms with Crippen molar-refractivity contribution >= 4 is 0 Å². The van der Waals surface area contributed by atoms with E-state index in [9.17, 15) is 0 Å². The van der Waals surface area contributed by atoms with Gasteiger partial charge in [-0.2, -0.15) is 0 Å². The van der Waals surface area contributed by atoms with Crippen LogP contribution >= 0.6 is 0 Å². The lowest BCUT2D eigenvalue weighted by atomic mass is 10.1. The molecule has 0 spiro atoms. The van der Waals surface area contributed by atoms with Gasteiger partial charge in [0.1, 0.15) is 0 Å². The molecule has 0 bridgehead atoms. The lowest BCUT2D eigenvalue weighted by Crippen LogP contribution is -2.12. The number of rotatable bonds is 5. The van der Waals surface area contributed by atoms with Crippen LogP contribution < -0.4 is 5.32 Å². The summed E-state index contributed by atoms with van der Waals surface area (Å²) in [7, 11) is 0. The zero-order valence-corrected chi connectivity index (χ0v) is 8.53. The van der Waals surface area contributed by atoms with Crippen molar-refractivity contribution < 1.29 is 5.11 Å². The molecule has 14 heavy (non-hydrogen) atoms. The van der Waals surface area contributed by atoms with Crippen LogP contribution in [0.2, 0.25) is 0 Å². The van der Waals surface area contributed by atoms with Gasteiger partial charge in [0.15, 0.2) is 0 Å². The third-order valence-corrected chi connectivity index (χ3v) is 2.00. The van der Waals surface area contributed by atoms with Crippen LogP contribution in [0.25, 0.3) is 0 Å². The van der Waals surface area contributed by atoms with Gasteiger partial charge in [0, 0.05) is 13.1 Å². The van der Waals surface area contributed by atoms with Crippen molar-refractivity contribution in [1.29, 1.82) is 0 Å². The van der Waals surface area contributed by atoms with Crippen molar-refractivity contribution in [3.05, 3.63) is 47.5 Å². The molecule has 2 nitrogen and oxygen atoms in total. The molecule has 0 saturated carbocycles. The summed E-state index contributed by atoms with van der Waals surface area (Å²) in [6, 6.07) is 7.97. The summed E-state index contributed by atoms with van der Waals surface area (Å²) in [5.74, 6) is 0. The minimum atomic E-state index is 0.114. The highest BCUT2D eigenvalue weighted by Gasteiger charge is 1.93. The number of nitrogens with one attached hydrogen (secondary N) is 1. The standard InChI is InChI=1S/C12H17NO/c1-2-3-7-13-9-11-5-4-6-12(8-11)10-14/h2-6,8,13-14H,7,9-10H2,1H3/b3-2+. The summed E-state index contributed by atoms with van der Waals surface area (Å²) in [5, 5.41) is 12.2. The fraction of sp³-hybridized carbons (Fsp3) is 0.333. The van der Waals surface area contributed by atoms with Gasteiger partial charge in [-0.3, -0.25) is 0 Å². The quantitative estimate of drug-likeness (QED) is 0.550. The Hall–Kier alpha value is -1.12. The van der Waals surface area contributed by atoms with Crippen molar-refractivity contribution in [3.8, 4) is 0 Å². The van der Waals surface area contributed by atoms with Crippen LogP contribution in [0.3, 0.4) is 0 Å². The number of aliphatic hydroxyl groups is 1. The molecule has 1 aromatic rings. The molecule has 1 aromatic carbocycles. The number of hydrogen-bond acceptors (Lipinski definition) is 2. The molecule has 0 amide bonds. The van der Waals surface area contributed by atoms with Crippen LogP contribution in [-0.2, 0) is 13.2 Å². The maximum atomic E-state index is 8.94. The van der Waals surface area contributed by atoms with Gasteiger partial charge in [-0.15, -0.1) is 0 Å². The summed E-state index contributed by atoms with van der Waals surface area (Å²) in [4.78, 5) is 0. The first-order valence-corrected chi connectivity index (χ1v) is 4.87.